The molecule has 1 N–H and O–H groups in total. The Hall–Kier alpha value is -5.08. The number of pyridine rings is 1. The maximum absolute atomic E-state index is 15.5. The Balaban J connectivity index is 0.00000163. The van der Waals surface area contributed by atoms with E-state index in [-0.39, 0.29) is 11.5 Å². The molecule has 55 heavy (non-hydrogen) atoms. The standard InChI is InChI=1S/C38H51FN8O2.C4H6.C2H6/c1-8-27(3)25-46(19-12-10-11-14-30(48)15-13-18-45(6)7)38-29(5)23-34-36(44-38)37(41-26-40-34)43-33-22-28(4)35(24-32(33)39)49-31-16-20-47(21-17-31)42-9-2;1-3-4-2;1-2/h9,13,15-17,20,22-24,26-27H,8,10-12,14,18-19,21,25H2,1-7H3,(H,40,41,43);1H,4H2,2H3;1-2H3/b15-13+,42-9-;;. The van der Waals surface area contributed by atoms with Crippen LogP contribution in [0.15, 0.2) is 65.9 Å². The Morgan fingerprint density at radius 1 is 1.15 bits per heavy atom. The summed E-state index contributed by atoms with van der Waals surface area (Å²) < 4.78 is 21.5. The molecule has 10 nitrogen and oxygen atoms in total. The second-order valence-electron chi connectivity index (χ2n) is 13.4. The van der Waals surface area contributed by atoms with Gasteiger partial charge >= 0.3 is 0 Å². The van der Waals surface area contributed by atoms with Gasteiger partial charge in [0.2, 0.25) is 0 Å². The summed E-state index contributed by atoms with van der Waals surface area (Å²) in [4.78, 5) is 30.7. The van der Waals surface area contributed by atoms with Crippen molar-refractivity contribution in [1.82, 2.24) is 24.9 Å². The van der Waals surface area contributed by atoms with Crippen LogP contribution in [0.25, 0.3) is 11.0 Å². The van der Waals surface area contributed by atoms with E-state index in [1.165, 1.54) is 12.4 Å². The van der Waals surface area contributed by atoms with E-state index < -0.39 is 5.82 Å². The molecule has 0 radical (unpaired) electrons. The normalized spacial score (nSPS) is 12.9. The number of hydrazone groups is 1. The second-order valence-corrected chi connectivity index (χ2v) is 13.4. The van der Waals surface area contributed by atoms with Gasteiger partial charge in [-0.3, -0.25) is 9.80 Å². The predicted molar refractivity (Wildman–Crippen MR) is 229 cm³/mol. The zero-order valence-corrected chi connectivity index (χ0v) is 34.8. The lowest BCUT2D eigenvalue weighted by Crippen LogP contribution is -2.31. The molecule has 2 aromatic heterocycles. The Morgan fingerprint density at radius 2 is 1.89 bits per heavy atom. The summed E-state index contributed by atoms with van der Waals surface area (Å²) in [6.45, 7) is 19.2. The number of aryl methyl sites for hydroxylation is 2. The lowest BCUT2D eigenvalue weighted by Gasteiger charge is -2.28. The fraction of sp³-hybridized carbons (Fsp3) is 0.477. The molecule has 3 aromatic rings. The molecule has 1 aliphatic heterocycles. The number of likely N-dealkylation sites (N-methyl/N-ethyl adjacent to an activating group) is 1. The van der Waals surface area contributed by atoms with E-state index in [0.29, 0.717) is 47.2 Å². The maximum Gasteiger partial charge on any atom is 0.160 e. The minimum Gasteiger partial charge on any atom is -0.457 e. The second kappa shape index (κ2) is 25.1. The molecule has 0 amide bonds. The van der Waals surface area contributed by atoms with Gasteiger partial charge in [-0.05, 0) is 95.1 Å². The van der Waals surface area contributed by atoms with E-state index in [1.54, 1.807) is 29.4 Å². The number of fused-ring (bicyclic) bond motifs is 1. The molecular formula is C44H63FN8O2. The van der Waals surface area contributed by atoms with Crippen LogP contribution in [0.3, 0.4) is 0 Å². The average molecular weight is 755 g/mol. The van der Waals surface area contributed by atoms with E-state index >= 15 is 4.39 Å². The number of ketones is 1. The first kappa shape index (κ1) is 46.1. The fourth-order valence-corrected chi connectivity index (χ4v) is 5.43. The Bertz CT molecular complexity index is 1810. The van der Waals surface area contributed by atoms with E-state index in [0.717, 1.165) is 68.7 Å². The van der Waals surface area contributed by atoms with Gasteiger partial charge in [0.15, 0.2) is 11.6 Å². The molecular weight excluding hydrogens is 692 g/mol. The van der Waals surface area contributed by atoms with Gasteiger partial charge in [0.1, 0.15) is 35.0 Å². The van der Waals surface area contributed by atoms with Crippen molar-refractivity contribution in [3.8, 4) is 18.1 Å². The molecule has 298 valence electrons. The van der Waals surface area contributed by atoms with E-state index in [9.17, 15) is 4.79 Å². The van der Waals surface area contributed by atoms with Gasteiger partial charge in [-0.15, -0.1) is 12.3 Å². The van der Waals surface area contributed by atoms with Crippen LogP contribution in [-0.4, -0.2) is 77.1 Å². The number of carbonyl (C=O) groups is 1. The lowest BCUT2D eigenvalue weighted by atomic mass is 10.1. The van der Waals surface area contributed by atoms with Crippen molar-refractivity contribution >= 4 is 40.4 Å². The Kier molecular flexibility index (Phi) is 21.0. The topological polar surface area (TPSA) is 99.1 Å². The smallest absolute Gasteiger partial charge is 0.160 e. The predicted octanol–water partition coefficient (Wildman–Crippen LogP) is 9.78. The van der Waals surface area contributed by atoms with Crippen LogP contribution < -0.4 is 15.0 Å². The van der Waals surface area contributed by atoms with Gasteiger partial charge in [-0.2, -0.15) is 5.10 Å². The number of hydrogen-bond acceptors (Lipinski definition) is 10. The van der Waals surface area contributed by atoms with Gasteiger partial charge < -0.3 is 19.9 Å². The summed E-state index contributed by atoms with van der Waals surface area (Å²) in [6, 6.07) is 5.12. The number of aromatic nitrogens is 3. The van der Waals surface area contributed by atoms with E-state index in [4.69, 9.17) is 16.1 Å². The highest BCUT2D eigenvalue weighted by Gasteiger charge is 2.19. The third kappa shape index (κ3) is 15.7. The number of nitrogens with zero attached hydrogens (tertiary/aromatic N) is 7. The zero-order valence-electron chi connectivity index (χ0n) is 34.8. The Labute approximate surface area is 329 Å². The largest absolute Gasteiger partial charge is 0.457 e. The van der Waals surface area contributed by atoms with Crippen molar-refractivity contribution in [2.45, 2.75) is 93.9 Å². The molecule has 0 bridgehead atoms. The van der Waals surface area contributed by atoms with Crippen LogP contribution >= 0.6 is 0 Å². The summed E-state index contributed by atoms with van der Waals surface area (Å²) in [5, 5.41) is 9.18. The summed E-state index contributed by atoms with van der Waals surface area (Å²) in [7, 11) is 3.97. The van der Waals surface area contributed by atoms with Crippen LogP contribution in [0.1, 0.15) is 91.2 Å². The number of ether oxygens (including phenoxy) is 1. The molecule has 0 aliphatic carbocycles. The van der Waals surface area contributed by atoms with Crippen LogP contribution in [-0.2, 0) is 4.79 Å². The molecule has 0 saturated heterocycles. The highest BCUT2D eigenvalue weighted by Crippen LogP contribution is 2.32. The van der Waals surface area contributed by atoms with Crippen molar-refractivity contribution in [3.05, 3.63) is 77.7 Å². The zero-order chi connectivity index (χ0) is 40.8. The van der Waals surface area contributed by atoms with Crippen LogP contribution in [0.5, 0.6) is 5.75 Å². The van der Waals surface area contributed by atoms with Gasteiger partial charge in [-0.1, -0.05) is 53.5 Å². The molecule has 1 aromatic carbocycles. The minimum absolute atomic E-state index is 0.174. The number of nitrogens with one attached hydrogen (secondary N) is 1. The molecule has 0 saturated carbocycles. The lowest BCUT2D eigenvalue weighted by molar-refractivity contribution is -0.114. The van der Waals surface area contributed by atoms with Gasteiger partial charge in [0, 0.05) is 51.0 Å². The van der Waals surface area contributed by atoms with Gasteiger partial charge in [-0.25, -0.2) is 19.3 Å². The number of allylic oxidation sites excluding steroid dienone is 2. The third-order valence-corrected chi connectivity index (χ3v) is 8.53. The summed E-state index contributed by atoms with van der Waals surface area (Å²) in [5.41, 5.74) is 3.30. The van der Waals surface area contributed by atoms with Gasteiger partial charge in [0.05, 0.1) is 17.7 Å². The molecule has 0 spiro atoms. The number of anilines is 3. The monoisotopic (exact) mass is 755 g/mol. The first-order valence-corrected chi connectivity index (χ1v) is 19.5. The van der Waals surface area contributed by atoms with Gasteiger partial charge in [0.25, 0.3) is 0 Å². The number of halogens is 1. The number of rotatable bonds is 18. The average Bonchev–Trinajstić information content (AvgIpc) is 3.17. The highest BCUT2D eigenvalue weighted by molar-refractivity contribution is 5.90. The Morgan fingerprint density at radius 3 is 2.53 bits per heavy atom. The molecule has 1 aliphatic rings. The van der Waals surface area contributed by atoms with Crippen LogP contribution in [0.2, 0.25) is 0 Å². The van der Waals surface area contributed by atoms with Crippen molar-refractivity contribution < 1.29 is 13.9 Å². The van der Waals surface area contributed by atoms with Crippen molar-refractivity contribution in [3.63, 3.8) is 0 Å². The number of carbonyl (C=O) groups excluding carboxylic acids is 1. The quantitative estimate of drug-likeness (QED) is 0.0589. The number of hydrogen-bond donors (Lipinski definition) is 1. The van der Waals surface area contributed by atoms with E-state index in [2.05, 4.69) is 45.1 Å². The molecule has 0 fully saturated rings. The molecule has 1 atom stereocenters. The maximum atomic E-state index is 15.5. The summed E-state index contributed by atoms with van der Waals surface area (Å²) >= 11 is 0. The molecule has 1 unspecified atom stereocenters. The first-order valence-electron chi connectivity index (χ1n) is 19.5. The van der Waals surface area contributed by atoms with Crippen LogP contribution in [0, 0.1) is 37.9 Å². The summed E-state index contributed by atoms with van der Waals surface area (Å²) in [5.74, 6) is 4.95. The van der Waals surface area contributed by atoms with Crippen LogP contribution in [0.4, 0.5) is 21.7 Å². The fourth-order valence-electron chi connectivity index (χ4n) is 5.43. The van der Waals surface area contributed by atoms with Crippen molar-refractivity contribution in [2.24, 2.45) is 11.0 Å². The number of unbranched alkanes of at least 4 members (excludes halogenated alkanes) is 2. The summed E-state index contributed by atoms with van der Waals surface area (Å²) in [6.07, 6.45) is 22.3. The molecule has 3 heterocycles. The minimum atomic E-state index is -0.470. The third-order valence-electron chi connectivity index (χ3n) is 8.53. The molecule has 4 rings (SSSR count). The van der Waals surface area contributed by atoms with E-state index in [1.807, 2.05) is 85.0 Å². The molecule has 11 heteroatoms. The number of benzene rings is 1. The number of terminal acetylenes is 1. The van der Waals surface area contributed by atoms with Crippen molar-refractivity contribution in [2.75, 3.05) is 50.5 Å². The highest BCUT2D eigenvalue weighted by atomic mass is 19.1. The van der Waals surface area contributed by atoms with Crippen molar-refractivity contribution in [1.29, 1.82) is 0 Å². The SMILES string of the molecule is C#CCC.C/C=N\N1C=CC(Oc2cc(F)c(Nc3ncnc4cc(C)c(N(CCCCCC(=O)/C=C/CN(C)C)CC(C)CC)nc34)cc2C)=CC1.CC. The first-order chi connectivity index (χ1) is 26.5.